The van der Waals surface area contributed by atoms with Crippen LogP contribution in [0.25, 0.3) is 0 Å². The standard InChI is InChI=1S/C13H18BrClN2O2/c1-2-5-17(6-7-18)9-13(19)16-12-4-3-10(14)8-11(12)15/h3-4,8,18H,2,5-7,9H2,1H3,(H,16,19). The largest absolute Gasteiger partial charge is 0.395 e. The van der Waals surface area contributed by atoms with Gasteiger partial charge in [-0.1, -0.05) is 34.5 Å². The third kappa shape index (κ3) is 5.91. The summed E-state index contributed by atoms with van der Waals surface area (Å²) < 4.78 is 0.864. The Kier molecular flexibility index (Phi) is 7.38. The monoisotopic (exact) mass is 348 g/mol. The lowest BCUT2D eigenvalue weighted by Gasteiger charge is -2.20. The van der Waals surface area contributed by atoms with Gasteiger partial charge in [-0.3, -0.25) is 9.69 Å². The molecule has 4 nitrogen and oxygen atoms in total. The topological polar surface area (TPSA) is 52.6 Å². The van der Waals surface area contributed by atoms with Gasteiger partial charge in [0.15, 0.2) is 0 Å². The van der Waals surface area contributed by atoms with Crippen LogP contribution in [0.4, 0.5) is 5.69 Å². The second-order valence-electron chi connectivity index (χ2n) is 4.17. The Morgan fingerprint density at radius 2 is 2.21 bits per heavy atom. The Balaban J connectivity index is 2.58. The summed E-state index contributed by atoms with van der Waals surface area (Å²) in [6.07, 6.45) is 0.937. The van der Waals surface area contributed by atoms with Crippen molar-refractivity contribution in [2.75, 3.05) is 31.6 Å². The number of nitrogens with one attached hydrogen (secondary N) is 1. The van der Waals surface area contributed by atoms with Gasteiger partial charge in [0.25, 0.3) is 0 Å². The molecule has 1 rings (SSSR count). The number of aliphatic hydroxyl groups excluding tert-OH is 1. The molecule has 0 atom stereocenters. The summed E-state index contributed by atoms with van der Waals surface area (Å²) in [5, 5.41) is 12.2. The summed E-state index contributed by atoms with van der Waals surface area (Å²) in [7, 11) is 0. The maximum atomic E-state index is 11.9. The molecule has 6 heteroatoms. The molecule has 0 aliphatic heterocycles. The minimum atomic E-state index is -0.133. The fourth-order valence-electron chi connectivity index (χ4n) is 1.71. The van der Waals surface area contributed by atoms with Gasteiger partial charge in [0.1, 0.15) is 0 Å². The molecule has 1 aromatic rings. The fraction of sp³-hybridized carbons (Fsp3) is 0.462. The third-order valence-electron chi connectivity index (χ3n) is 2.53. The molecule has 0 radical (unpaired) electrons. The minimum absolute atomic E-state index is 0.0479. The SMILES string of the molecule is CCCN(CCO)CC(=O)Nc1ccc(Br)cc1Cl. The Bertz CT molecular complexity index is 423. The number of hydrogen-bond donors (Lipinski definition) is 2. The van der Waals surface area contributed by atoms with Gasteiger partial charge in [0, 0.05) is 11.0 Å². The molecule has 1 aromatic carbocycles. The van der Waals surface area contributed by atoms with E-state index in [-0.39, 0.29) is 19.1 Å². The maximum absolute atomic E-state index is 11.9. The molecule has 0 unspecified atom stereocenters. The van der Waals surface area contributed by atoms with Crippen molar-refractivity contribution >= 4 is 39.1 Å². The molecule has 0 bridgehead atoms. The van der Waals surface area contributed by atoms with Crippen molar-refractivity contribution in [3.05, 3.63) is 27.7 Å². The number of hydrogen-bond acceptors (Lipinski definition) is 3. The first kappa shape index (κ1) is 16.4. The number of rotatable bonds is 7. The van der Waals surface area contributed by atoms with E-state index in [2.05, 4.69) is 21.2 Å². The molecule has 0 heterocycles. The van der Waals surface area contributed by atoms with Crippen LogP contribution in [0.15, 0.2) is 22.7 Å². The highest BCUT2D eigenvalue weighted by Crippen LogP contribution is 2.25. The molecular weight excluding hydrogens is 332 g/mol. The number of nitrogens with zero attached hydrogens (tertiary/aromatic N) is 1. The molecule has 2 N–H and O–H groups in total. The number of aliphatic hydroxyl groups is 1. The quantitative estimate of drug-likeness (QED) is 0.796. The van der Waals surface area contributed by atoms with E-state index in [0.29, 0.717) is 17.3 Å². The summed E-state index contributed by atoms with van der Waals surface area (Å²) in [5.41, 5.74) is 0.593. The van der Waals surface area contributed by atoms with Gasteiger partial charge in [-0.05, 0) is 31.2 Å². The van der Waals surface area contributed by atoms with Gasteiger partial charge in [-0.25, -0.2) is 0 Å². The van der Waals surface area contributed by atoms with Crippen LogP contribution >= 0.6 is 27.5 Å². The van der Waals surface area contributed by atoms with Gasteiger partial charge in [0.2, 0.25) is 5.91 Å². The van der Waals surface area contributed by atoms with Crippen molar-refractivity contribution in [1.29, 1.82) is 0 Å². The van der Waals surface area contributed by atoms with Crippen LogP contribution in [-0.4, -0.2) is 42.2 Å². The van der Waals surface area contributed by atoms with E-state index in [1.165, 1.54) is 0 Å². The van der Waals surface area contributed by atoms with Crippen molar-refractivity contribution in [1.82, 2.24) is 4.90 Å². The number of anilines is 1. The highest BCUT2D eigenvalue weighted by Gasteiger charge is 2.11. The number of carbonyl (C=O) groups is 1. The van der Waals surface area contributed by atoms with E-state index in [9.17, 15) is 4.79 Å². The first-order chi connectivity index (χ1) is 9.06. The zero-order valence-electron chi connectivity index (χ0n) is 10.8. The van der Waals surface area contributed by atoms with E-state index >= 15 is 0 Å². The molecule has 0 saturated heterocycles. The van der Waals surface area contributed by atoms with Crippen LogP contribution in [-0.2, 0) is 4.79 Å². The second kappa shape index (κ2) is 8.53. The molecular formula is C13H18BrClN2O2. The molecule has 0 aliphatic carbocycles. The predicted octanol–water partition coefficient (Wildman–Crippen LogP) is 2.75. The minimum Gasteiger partial charge on any atom is -0.395 e. The van der Waals surface area contributed by atoms with Gasteiger partial charge in [-0.2, -0.15) is 0 Å². The van der Waals surface area contributed by atoms with Crippen LogP contribution in [0.1, 0.15) is 13.3 Å². The summed E-state index contributed by atoms with van der Waals surface area (Å²) in [4.78, 5) is 13.8. The number of benzene rings is 1. The Labute approximate surface area is 126 Å². The number of carbonyl (C=O) groups excluding carboxylic acids is 1. The molecule has 0 aromatic heterocycles. The lowest BCUT2D eigenvalue weighted by molar-refractivity contribution is -0.117. The molecule has 1 amide bonds. The summed E-state index contributed by atoms with van der Waals surface area (Å²) in [5.74, 6) is -0.133. The second-order valence-corrected chi connectivity index (χ2v) is 5.49. The Morgan fingerprint density at radius 3 is 2.79 bits per heavy atom. The van der Waals surface area contributed by atoms with Gasteiger partial charge >= 0.3 is 0 Å². The van der Waals surface area contributed by atoms with E-state index in [4.69, 9.17) is 16.7 Å². The lowest BCUT2D eigenvalue weighted by Crippen LogP contribution is -2.35. The first-order valence-electron chi connectivity index (χ1n) is 6.15. The predicted molar refractivity (Wildman–Crippen MR) is 81.6 cm³/mol. The first-order valence-corrected chi connectivity index (χ1v) is 7.32. The molecule has 0 aliphatic rings. The zero-order valence-corrected chi connectivity index (χ0v) is 13.2. The summed E-state index contributed by atoms with van der Waals surface area (Å²) in [6.45, 7) is 3.61. The van der Waals surface area contributed by atoms with Crippen LogP contribution in [0.2, 0.25) is 5.02 Å². The molecule has 106 valence electrons. The summed E-state index contributed by atoms with van der Waals surface area (Å²) >= 11 is 9.34. The molecule has 0 saturated carbocycles. The summed E-state index contributed by atoms with van der Waals surface area (Å²) in [6, 6.07) is 5.30. The van der Waals surface area contributed by atoms with Crippen molar-refractivity contribution in [3.8, 4) is 0 Å². The molecule has 19 heavy (non-hydrogen) atoms. The van der Waals surface area contributed by atoms with E-state index < -0.39 is 0 Å². The fourth-order valence-corrected chi connectivity index (χ4v) is 2.43. The Morgan fingerprint density at radius 1 is 1.47 bits per heavy atom. The third-order valence-corrected chi connectivity index (χ3v) is 3.33. The average molecular weight is 350 g/mol. The van der Waals surface area contributed by atoms with Crippen LogP contribution in [0, 0.1) is 0 Å². The van der Waals surface area contributed by atoms with E-state index in [1.54, 1.807) is 12.1 Å². The highest BCUT2D eigenvalue weighted by molar-refractivity contribution is 9.10. The van der Waals surface area contributed by atoms with Crippen LogP contribution in [0.3, 0.4) is 0 Å². The van der Waals surface area contributed by atoms with Crippen LogP contribution < -0.4 is 5.32 Å². The lowest BCUT2D eigenvalue weighted by atomic mass is 10.3. The van der Waals surface area contributed by atoms with Gasteiger partial charge in [0.05, 0.1) is 23.9 Å². The maximum Gasteiger partial charge on any atom is 0.238 e. The van der Waals surface area contributed by atoms with Crippen molar-refractivity contribution in [3.63, 3.8) is 0 Å². The van der Waals surface area contributed by atoms with Crippen molar-refractivity contribution in [2.45, 2.75) is 13.3 Å². The van der Waals surface area contributed by atoms with Gasteiger partial charge in [-0.15, -0.1) is 0 Å². The van der Waals surface area contributed by atoms with Crippen molar-refractivity contribution < 1.29 is 9.90 Å². The van der Waals surface area contributed by atoms with E-state index in [0.717, 1.165) is 17.4 Å². The normalized spacial score (nSPS) is 10.8. The van der Waals surface area contributed by atoms with E-state index in [1.807, 2.05) is 17.9 Å². The van der Waals surface area contributed by atoms with Crippen molar-refractivity contribution in [2.24, 2.45) is 0 Å². The highest BCUT2D eigenvalue weighted by atomic mass is 79.9. The van der Waals surface area contributed by atoms with Gasteiger partial charge < -0.3 is 10.4 Å². The smallest absolute Gasteiger partial charge is 0.238 e. The average Bonchev–Trinajstić information content (AvgIpc) is 2.33. The Hall–Kier alpha value is -0.620. The molecule has 0 fully saturated rings. The zero-order chi connectivity index (χ0) is 14.3. The van der Waals surface area contributed by atoms with Crippen LogP contribution in [0.5, 0.6) is 0 Å². The number of amides is 1. The molecule has 0 spiro atoms. The number of halogens is 2.